The number of carbonyl (C=O) groups excluding carboxylic acids is 1. The minimum absolute atomic E-state index is 0.104. The number of aromatic nitrogens is 1. The number of rotatable bonds is 2. The van der Waals surface area contributed by atoms with Crippen LogP contribution in [0, 0.1) is 5.82 Å². The number of fused-ring (bicyclic) bond motifs is 2. The quantitative estimate of drug-likeness (QED) is 0.563. The second kappa shape index (κ2) is 6.99. The highest BCUT2D eigenvalue weighted by molar-refractivity contribution is 9.10. The SMILES string of the molecule is O=C(N=Nc1c(O)[nH]c2cc3c(cc12)OCCCO3)c1ccc(F)cc1Br. The molecule has 2 N–H and O–H groups in total. The molecule has 0 fully saturated rings. The third-order valence-electron chi connectivity index (χ3n) is 4.02. The Balaban J connectivity index is 1.70. The van der Waals surface area contributed by atoms with Crippen LogP contribution in [-0.2, 0) is 0 Å². The Morgan fingerprint density at radius 1 is 1.19 bits per heavy atom. The molecule has 1 aromatic heterocycles. The molecule has 1 aliphatic heterocycles. The van der Waals surface area contributed by atoms with Crippen molar-refractivity contribution in [2.75, 3.05) is 13.2 Å². The fraction of sp³-hybridized carbons (Fsp3) is 0.167. The number of nitrogens with one attached hydrogen (secondary N) is 1. The van der Waals surface area contributed by atoms with Gasteiger partial charge in [-0.2, -0.15) is 0 Å². The summed E-state index contributed by atoms with van der Waals surface area (Å²) < 4.78 is 24.7. The topological polar surface area (TPSA) is 96.3 Å². The van der Waals surface area contributed by atoms with Crippen molar-refractivity contribution < 1.29 is 23.8 Å². The van der Waals surface area contributed by atoms with Gasteiger partial charge in [0, 0.05) is 22.3 Å². The molecule has 27 heavy (non-hydrogen) atoms. The summed E-state index contributed by atoms with van der Waals surface area (Å²) in [6.07, 6.45) is 0.765. The maximum Gasteiger partial charge on any atom is 0.296 e. The Morgan fingerprint density at radius 3 is 2.67 bits per heavy atom. The first-order chi connectivity index (χ1) is 13.0. The Kier molecular flexibility index (Phi) is 4.53. The first-order valence-electron chi connectivity index (χ1n) is 8.08. The maximum absolute atomic E-state index is 13.2. The van der Waals surface area contributed by atoms with Gasteiger partial charge in [-0.15, -0.1) is 10.2 Å². The maximum atomic E-state index is 13.2. The minimum Gasteiger partial charge on any atom is -0.493 e. The van der Waals surface area contributed by atoms with Crippen LogP contribution in [0.4, 0.5) is 10.1 Å². The molecule has 1 amide bonds. The predicted octanol–water partition coefficient (Wildman–Crippen LogP) is 4.86. The first-order valence-corrected chi connectivity index (χ1v) is 8.87. The second-order valence-corrected chi connectivity index (χ2v) is 6.70. The highest BCUT2D eigenvalue weighted by atomic mass is 79.9. The lowest BCUT2D eigenvalue weighted by atomic mass is 10.2. The van der Waals surface area contributed by atoms with Crippen molar-refractivity contribution in [2.45, 2.75) is 6.42 Å². The van der Waals surface area contributed by atoms with Crippen molar-refractivity contribution in [1.29, 1.82) is 0 Å². The number of H-pyrrole nitrogens is 1. The van der Waals surface area contributed by atoms with Crippen molar-refractivity contribution in [3.63, 3.8) is 0 Å². The van der Waals surface area contributed by atoms with Gasteiger partial charge >= 0.3 is 0 Å². The van der Waals surface area contributed by atoms with E-state index in [1.807, 2.05) is 0 Å². The van der Waals surface area contributed by atoms with E-state index in [1.165, 1.54) is 12.1 Å². The van der Waals surface area contributed by atoms with Gasteiger partial charge in [-0.1, -0.05) is 0 Å². The van der Waals surface area contributed by atoms with Crippen LogP contribution >= 0.6 is 15.9 Å². The molecule has 138 valence electrons. The third-order valence-corrected chi connectivity index (χ3v) is 4.68. The normalized spacial score (nSPS) is 13.9. The standard InChI is InChI=1S/C18H13BrFN3O4/c19-12-6-9(20)2-3-10(12)17(24)23-22-16-11-7-14-15(27-5-1-4-26-14)8-13(11)21-18(16)25/h2-3,6-8,21,25H,1,4-5H2. The van der Waals surface area contributed by atoms with Gasteiger partial charge in [0.05, 0.1) is 24.3 Å². The molecule has 2 aromatic carbocycles. The summed E-state index contributed by atoms with van der Waals surface area (Å²) >= 11 is 3.12. The molecule has 0 spiro atoms. The lowest BCUT2D eigenvalue weighted by Crippen LogP contribution is -1.97. The molecule has 9 heteroatoms. The summed E-state index contributed by atoms with van der Waals surface area (Å²) in [6.45, 7) is 1.06. The summed E-state index contributed by atoms with van der Waals surface area (Å²) in [6, 6.07) is 7.01. The van der Waals surface area contributed by atoms with Crippen LogP contribution < -0.4 is 9.47 Å². The van der Waals surface area contributed by atoms with Crippen molar-refractivity contribution in [2.24, 2.45) is 10.2 Å². The number of nitrogens with zero attached hydrogens (tertiary/aromatic N) is 2. The largest absolute Gasteiger partial charge is 0.493 e. The van der Waals surface area contributed by atoms with Crippen molar-refractivity contribution in [1.82, 2.24) is 4.98 Å². The fourth-order valence-electron chi connectivity index (χ4n) is 2.74. The number of ether oxygens (including phenoxy) is 2. The zero-order chi connectivity index (χ0) is 19.0. The lowest BCUT2D eigenvalue weighted by molar-refractivity contribution is 0.0994. The van der Waals surface area contributed by atoms with Gasteiger partial charge in [-0.3, -0.25) is 4.79 Å². The number of amides is 1. The molecule has 4 rings (SSSR count). The number of azo groups is 1. The van der Waals surface area contributed by atoms with E-state index in [0.29, 0.717) is 35.6 Å². The zero-order valence-electron chi connectivity index (χ0n) is 13.8. The molecule has 0 unspecified atom stereocenters. The summed E-state index contributed by atoms with van der Waals surface area (Å²) in [5, 5.41) is 18.2. The van der Waals surface area contributed by atoms with Crippen LogP contribution in [-0.4, -0.2) is 29.2 Å². The minimum atomic E-state index is -0.676. The van der Waals surface area contributed by atoms with Gasteiger partial charge in [0.1, 0.15) is 5.82 Å². The van der Waals surface area contributed by atoms with Gasteiger partial charge in [0.2, 0.25) is 5.88 Å². The zero-order valence-corrected chi connectivity index (χ0v) is 15.4. The molecule has 0 aliphatic carbocycles. The third kappa shape index (κ3) is 3.37. The van der Waals surface area contributed by atoms with Gasteiger partial charge < -0.3 is 19.6 Å². The molecule has 0 saturated carbocycles. The molecular formula is C18H13BrFN3O4. The Bertz CT molecular complexity index is 1080. The molecule has 3 aromatic rings. The summed E-state index contributed by atoms with van der Waals surface area (Å²) in [4.78, 5) is 15.0. The highest BCUT2D eigenvalue weighted by Crippen LogP contribution is 2.42. The predicted molar refractivity (Wildman–Crippen MR) is 98.5 cm³/mol. The van der Waals surface area contributed by atoms with E-state index in [2.05, 4.69) is 31.1 Å². The Labute approximate surface area is 160 Å². The first kappa shape index (κ1) is 17.5. The number of hydrogen-bond acceptors (Lipinski definition) is 5. The molecule has 0 atom stereocenters. The molecule has 2 heterocycles. The number of halogens is 2. The summed E-state index contributed by atoms with van der Waals surface area (Å²) in [5.74, 6) is -0.295. The summed E-state index contributed by atoms with van der Waals surface area (Å²) in [7, 11) is 0. The number of aromatic hydroxyl groups is 1. The van der Waals surface area contributed by atoms with E-state index in [4.69, 9.17) is 9.47 Å². The Hall–Kier alpha value is -2.94. The van der Waals surface area contributed by atoms with E-state index in [9.17, 15) is 14.3 Å². The number of hydrogen-bond donors (Lipinski definition) is 2. The molecule has 0 saturated heterocycles. The number of benzene rings is 2. The van der Waals surface area contributed by atoms with Crippen molar-refractivity contribution >= 4 is 38.4 Å². The molecular weight excluding hydrogens is 421 g/mol. The van der Waals surface area contributed by atoms with Crippen LogP contribution in [0.25, 0.3) is 10.9 Å². The fourth-order valence-corrected chi connectivity index (χ4v) is 3.26. The van der Waals surface area contributed by atoms with E-state index in [0.717, 1.165) is 12.5 Å². The van der Waals surface area contributed by atoms with E-state index < -0.39 is 11.7 Å². The van der Waals surface area contributed by atoms with Gasteiger partial charge in [0.15, 0.2) is 17.2 Å². The van der Waals surface area contributed by atoms with Crippen LogP contribution in [0.5, 0.6) is 17.4 Å². The van der Waals surface area contributed by atoms with Crippen molar-refractivity contribution in [3.8, 4) is 17.4 Å². The highest BCUT2D eigenvalue weighted by Gasteiger charge is 2.18. The average molecular weight is 434 g/mol. The summed E-state index contributed by atoms with van der Waals surface area (Å²) in [5.41, 5.74) is 0.832. The molecule has 0 bridgehead atoms. The van der Waals surface area contributed by atoms with Crippen LogP contribution in [0.2, 0.25) is 0 Å². The average Bonchev–Trinajstić information content (AvgIpc) is 2.78. The van der Waals surface area contributed by atoms with Crippen molar-refractivity contribution in [3.05, 3.63) is 46.2 Å². The second-order valence-electron chi connectivity index (χ2n) is 5.85. The van der Waals surface area contributed by atoms with Crippen LogP contribution in [0.1, 0.15) is 16.8 Å². The van der Waals surface area contributed by atoms with Gasteiger partial charge in [-0.25, -0.2) is 4.39 Å². The van der Waals surface area contributed by atoms with Gasteiger partial charge in [-0.05, 0) is 40.2 Å². The van der Waals surface area contributed by atoms with E-state index in [-0.39, 0.29) is 21.6 Å². The van der Waals surface area contributed by atoms with Crippen LogP contribution in [0.15, 0.2) is 45.0 Å². The molecule has 0 radical (unpaired) electrons. The Morgan fingerprint density at radius 2 is 1.93 bits per heavy atom. The van der Waals surface area contributed by atoms with E-state index >= 15 is 0 Å². The number of carbonyl (C=O) groups is 1. The lowest BCUT2D eigenvalue weighted by Gasteiger charge is -2.06. The smallest absolute Gasteiger partial charge is 0.296 e. The molecule has 7 nitrogen and oxygen atoms in total. The molecule has 1 aliphatic rings. The van der Waals surface area contributed by atoms with E-state index in [1.54, 1.807) is 12.1 Å². The number of aromatic amines is 1. The van der Waals surface area contributed by atoms with Crippen LogP contribution in [0.3, 0.4) is 0 Å². The van der Waals surface area contributed by atoms with Gasteiger partial charge in [0.25, 0.3) is 5.91 Å². The monoisotopic (exact) mass is 433 g/mol.